The zero-order valence-corrected chi connectivity index (χ0v) is 20.0. The number of sulfonamides is 1. The van der Waals surface area contributed by atoms with E-state index in [2.05, 4.69) is 9.71 Å². The van der Waals surface area contributed by atoms with Crippen LogP contribution < -0.4 is 14.2 Å². The van der Waals surface area contributed by atoms with Crippen LogP contribution in [0.5, 0.6) is 11.5 Å². The molecule has 0 aliphatic carbocycles. The second kappa shape index (κ2) is 9.70. The maximum absolute atomic E-state index is 13.2. The number of rotatable bonds is 9. The van der Waals surface area contributed by atoms with Crippen molar-refractivity contribution in [2.45, 2.75) is 17.7 Å². The van der Waals surface area contributed by atoms with E-state index in [9.17, 15) is 13.2 Å². The van der Waals surface area contributed by atoms with E-state index in [1.807, 2.05) is 42.6 Å². The molecule has 4 aromatic rings. The first-order valence-electron chi connectivity index (χ1n) is 10.7. The first kappa shape index (κ1) is 23.5. The Bertz CT molecular complexity index is 1440. The van der Waals surface area contributed by atoms with Crippen molar-refractivity contribution < 1.29 is 22.7 Å². The highest BCUT2D eigenvalue weighted by Crippen LogP contribution is 2.40. The summed E-state index contributed by atoms with van der Waals surface area (Å²) in [6.45, 7) is 1.47. The molecule has 2 N–H and O–H groups in total. The summed E-state index contributed by atoms with van der Waals surface area (Å²) in [5.41, 5.74) is 2.99. The van der Waals surface area contributed by atoms with E-state index < -0.39 is 10.0 Å². The summed E-state index contributed by atoms with van der Waals surface area (Å²) in [7, 11) is -0.760. The van der Waals surface area contributed by atoms with Gasteiger partial charge >= 0.3 is 0 Å². The molecule has 8 heteroatoms. The van der Waals surface area contributed by atoms with Gasteiger partial charge in [-0.15, -0.1) is 0 Å². The zero-order valence-electron chi connectivity index (χ0n) is 19.2. The Hall–Kier alpha value is -3.62. The van der Waals surface area contributed by atoms with Gasteiger partial charge in [-0.05, 0) is 36.8 Å². The minimum Gasteiger partial charge on any atom is -0.493 e. The number of aromatic nitrogens is 1. The summed E-state index contributed by atoms with van der Waals surface area (Å²) < 4.78 is 40.2. The van der Waals surface area contributed by atoms with Crippen LogP contribution in [-0.4, -0.2) is 39.9 Å². The van der Waals surface area contributed by atoms with Crippen LogP contribution >= 0.6 is 0 Å². The quantitative estimate of drug-likeness (QED) is 0.345. The third-order valence-electron chi connectivity index (χ3n) is 5.83. The molecule has 176 valence electrons. The highest BCUT2D eigenvalue weighted by atomic mass is 32.2. The van der Waals surface area contributed by atoms with Crippen LogP contribution in [-0.2, 0) is 10.0 Å². The fraction of sp³-hybridized carbons (Fsp3) is 0.192. The average Bonchev–Trinajstić information content (AvgIpc) is 3.28. The molecule has 1 unspecified atom stereocenters. The lowest BCUT2D eigenvalue weighted by Gasteiger charge is -2.22. The molecule has 0 amide bonds. The normalized spacial score (nSPS) is 12.4. The number of carbonyl (C=O) groups excluding carboxylic acids is 1. The topological polar surface area (TPSA) is 97.5 Å². The van der Waals surface area contributed by atoms with Crippen molar-refractivity contribution in [3.63, 3.8) is 0 Å². The molecule has 1 heterocycles. The molecule has 0 aliphatic rings. The number of hydrogen-bond acceptors (Lipinski definition) is 5. The Kier molecular flexibility index (Phi) is 6.72. The number of hydrogen-bond donors (Lipinski definition) is 2. The molecule has 0 fully saturated rings. The Labute approximate surface area is 198 Å². The van der Waals surface area contributed by atoms with Crippen LogP contribution in [0.3, 0.4) is 0 Å². The predicted molar refractivity (Wildman–Crippen MR) is 131 cm³/mol. The van der Waals surface area contributed by atoms with Crippen molar-refractivity contribution in [3.8, 4) is 11.5 Å². The van der Waals surface area contributed by atoms with Gasteiger partial charge in [0.2, 0.25) is 10.0 Å². The number of ketones is 1. The smallest absolute Gasteiger partial charge is 0.240 e. The minimum atomic E-state index is -3.88. The molecule has 0 aliphatic heterocycles. The van der Waals surface area contributed by atoms with E-state index in [-0.39, 0.29) is 23.1 Å². The second-order valence-electron chi connectivity index (χ2n) is 7.86. The highest BCUT2D eigenvalue weighted by molar-refractivity contribution is 7.89. The first-order valence-corrected chi connectivity index (χ1v) is 12.2. The molecule has 34 heavy (non-hydrogen) atoms. The monoisotopic (exact) mass is 478 g/mol. The molecule has 0 spiro atoms. The molecule has 0 bridgehead atoms. The highest BCUT2D eigenvalue weighted by Gasteiger charge is 2.26. The molecule has 3 aromatic carbocycles. The van der Waals surface area contributed by atoms with Gasteiger partial charge in [0.1, 0.15) is 0 Å². The maximum atomic E-state index is 13.2. The Morgan fingerprint density at radius 2 is 1.74 bits per heavy atom. The van der Waals surface area contributed by atoms with Gasteiger partial charge < -0.3 is 14.5 Å². The number of nitrogens with one attached hydrogen (secondary N) is 2. The van der Waals surface area contributed by atoms with Gasteiger partial charge in [0.15, 0.2) is 17.3 Å². The summed E-state index contributed by atoms with van der Waals surface area (Å²) in [4.78, 5) is 15.0. The summed E-state index contributed by atoms with van der Waals surface area (Å²) in [6.07, 6.45) is 1.89. The number of aromatic amines is 1. The number of ether oxygens (including phenoxy) is 2. The summed E-state index contributed by atoms with van der Waals surface area (Å²) in [5, 5.41) is 0.982. The SMILES string of the molecule is COc1cccc(C(CNS(=O)(=O)c2cccc(C(C)=O)c2)c2c[nH]c3ccccc23)c1OC. The fourth-order valence-electron chi connectivity index (χ4n) is 4.11. The van der Waals surface area contributed by atoms with Crippen molar-refractivity contribution >= 4 is 26.7 Å². The zero-order chi connectivity index (χ0) is 24.3. The predicted octanol–water partition coefficient (Wildman–Crippen LogP) is 4.50. The van der Waals surface area contributed by atoms with Gasteiger partial charge in [-0.3, -0.25) is 4.79 Å². The number of fused-ring (bicyclic) bond motifs is 1. The molecular formula is C26H26N2O5S. The van der Waals surface area contributed by atoms with Crippen LogP contribution in [0.1, 0.15) is 34.3 Å². The van der Waals surface area contributed by atoms with Crippen molar-refractivity contribution in [2.75, 3.05) is 20.8 Å². The number of carbonyl (C=O) groups is 1. The fourth-order valence-corrected chi connectivity index (χ4v) is 5.21. The van der Waals surface area contributed by atoms with Gasteiger partial charge in [-0.2, -0.15) is 0 Å². The molecule has 0 radical (unpaired) electrons. The third-order valence-corrected chi connectivity index (χ3v) is 7.26. The van der Waals surface area contributed by atoms with Gasteiger partial charge in [0, 0.05) is 40.7 Å². The first-order chi connectivity index (χ1) is 16.4. The van der Waals surface area contributed by atoms with Gasteiger partial charge in [-0.25, -0.2) is 13.1 Å². The van der Waals surface area contributed by atoms with Crippen LogP contribution in [0.2, 0.25) is 0 Å². The van der Waals surface area contributed by atoms with E-state index in [1.54, 1.807) is 32.4 Å². The molecule has 0 saturated heterocycles. The molecule has 7 nitrogen and oxygen atoms in total. The molecule has 1 atom stereocenters. The standard InChI is InChI=1S/C26H26N2O5S/c1-17(29)18-8-6-9-19(14-18)34(30,31)28-16-23(21-11-7-13-25(32-2)26(21)33-3)22-15-27-24-12-5-4-10-20(22)24/h4-15,23,27-28H,16H2,1-3H3. The number of para-hydroxylation sites is 2. The van der Waals surface area contributed by atoms with Gasteiger partial charge in [0.25, 0.3) is 0 Å². The van der Waals surface area contributed by atoms with Crippen molar-refractivity contribution in [2.24, 2.45) is 0 Å². The number of Topliss-reactive ketones (excluding diaryl/α,β-unsaturated/α-hetero) is 1. The van der Waals surface area contributed by atoms with Gasteiger partial charge in [-0.1, -0.05) is 42.5 Å². The van der Waals surface area contributed by atoms with Crippen molar-refractivity contribution in [1.29, 1.82) is 0 Å². The minimum absolute atomic E-state index is 0.0375. The van der Waals surface area contributed by atoms with Crippen LogP contribution in [0.25, 0.3) is 10.9 Å². The van der Waals surface area contributed by atoms with Crippen LogP contribution in [0.15, 0.2) is 77.8 Å². The molecule has 4 rings (SSSR count). The number of benzene rings is 3. The lowest BCUT2D eigenvalue weighted by atomic mass is 9.90. The summed E-state index contributed by atoms with van der Waals surface area (Å²) >= 11 is 0. The Balaban J connectivity index is 1.77. The lowest BCUT2D eigenvalue weighted by molar-refractivity contribution is 0.101. The van der Waals surface area contributed by atoms with Crippen LogP contribution in [0, 0.1) is 0 Å². The molecule has 1 aromatic heterocycles. The van der Waals surface area contributed by atoms with E-state index in [0.29, 0.717) is 17.1 Å². The van der Waals surface area contributed by atoms with E-state index in [1.165, 1.54) is 19.1 Å². The van der Waals surface area contributed by atoms with Crippen molar-refractivity contribution in [3.05, 3.63) is 89.6 Å². The maximum Gasteiger partial charge on any atom is 0.240 e. The lowest BCUT2D eigenvalue weighted by Crippen LogP contribution is -2.29. The van der Waals surface area contributed by atoms with Gasteiger partial charge in [0.05, 0.1) is 19.1 Å². The number of methoxy groups -OCH3 is 2. The second-order valence-corrected chi connectivity index (χ2v) is 9.63. The summed E-state index contributed by atoms with van der Waals surface area (Å²) in [6, 6.07) is 19.4. The third kappa shape index (κ3) is 4.55. The van der Waals surface area contributed by atoms with Crippen molar-refractivity contribution in [1.82, 2.24) is 9.71 Å². The Morgan fingerprint density at radius 3 is 2.47 bits per heavy atom. The van der Waals surface area contributed by atoms with Crippen LogP contribution in [0.4, 0.5) is 0 Å². The molecular weight excluding hydrogens is 452 g/mol. The van der Waals surface area contributed by atoms with E-state index in [4.69, 9.17) is 9.47 Å². The number of H-pyrrole nitrogens is 1. The largest absolute Gasteiger partial charge is 0.493 e. The Morgan fingerprint density at radius 1 is 0.971 bits per heavy atom. The van der Waals surface area contributed by atoms with E-state index in [0.717, 1.165) is 22.0 Å². The molecule has 0 saturated carbocycles. The summed E-state index contributed by atoms with van der Waals surface area (Å²) in [5.74, 6) is 0.515. The average molecular weight is 479 g/mol. The van der Waals surface area contributed by atoms with E-state index >= 15 is 0 Å².